The van der Waals surface area contributed by atoms with Crippen molar-refractivity contribution in [3.63, 3.8) is 0 Å². The van der Waals surface area contributed by atoms with Gasteiger partial charge in [-0.05, 0) is 74.3 Å². The van der Waals surface area contributed by atoms with Gasteiger partial charge in [-0.15, -0.1) is 0 Å². The second-order valence-electron chi connectivity index (χ2n) is 8.45. The summed E-state index contributed by atoms with van der Waals surface area (Å²) >= 11 is 0. The molecule has 0 aromatic heterocycles. The molecular formula is C24H27FN2O4S. The van der Waals surface area contributed by atoms with Crippen molar-refractivity contribution in [1.29, 1.82) is 0 Å². The minimum absolute atomic E-state index is 0.0489. The van der Waals surface area contributed by atoms with Crippen LogP contribution in [0.25, 0.3) is 0 Å². The van der Waals surface area contributed by atoms with E-state index < -0.39 is 20.8 Å². The molecule has 6 nitrogen and oxygen atoms in total. The highest BCUT2D eigenvalue weighted by molar-refractivity contribution is 7.92. The van der Waals surface area contributed by atoms with Crippen LogP contribution in [0.15, 0.2) is 65.6 Å². The maximum absolute atomic E-state index is 14.0. The number of ether oxygens (including phenoxy) is 1. The summed E-state index contributed by atoms with van der Waals surface area (Å²) in [5, 5.41) is 3.01. The van der Waals surface area contributed by atoms with E-state index in [1.807, 2.05) is 24.3 Å². The molecule has 2 aromatic carbocycles. The van der Waals surface area contributed by atoms with Crippen molar-refractivity contribution in [1.82, 2.24) is 4.90 Å². The van der Waals surface area contributed by atoms with E-state index in [0.29, 0.717) is 18.9 Å². The number of hydrogen-bond acceptors (Lipinski definition) is 5. The third-order valence-corrected chi connectivity index (χ3v) is 8.20. The number of nitrogens with one attached hydrogen (secondary N) is 1. The molecule has 170 valence electrons. The quantitative estimate of drug-likeness (QED) is 0.641. The number of sulfone groups is 1. The van der Waals surface area contributed by atoms with Crippen molar-refractivity contribution in [2.75, 3.05) is 31.6 Å². The van der Waals surface area contributed by atoms with Crippen molar-refractivity contribution in [3.8, 4) is 5.75 Å². The summed E-state index contributed by atoms with van der Waals surface area (Å²) in [5.74, 6) is 0.610. The average molecular weight is 459 g/mol. The van der Waals surface area contributed by atoms with E-state index in [9.17, 15) is 17.6 Å². The van der Waals surface area contributed by atoms with Crippen LogP contribution >= 0.6 is 0 Å². The van der Waals surface area contributed by atoms with Gasteiger partial charge in [0.15, 0.2) is 0 Å². The van der Waals surface area contributed by atoms with Gasteiger partial charge in [-0.2, -0.15) is 0 Å². The summed E-state index contributed by atoms with van der Waals surface area (Å²) in [4.78, 5) is 14.8. The maximum Gasteiger partial charge on any atom is 0.235 e. The molecule has 2 aromatic rings. The zero-order chi connectivity index (χ0) is 22.9. The molecule has 0 aliphatic carbocycles. The zero-order valence-electron chi connectivity index (χ0n) is 18.0. The van der Waals surface area contributed by atoms with Crippen LogP contribution in [0, 0.1) is 0 Å². The number of piperidine rings is 1. The summed E-state index contributed by atoms with van der Waals surface area (Å²) in [6.07, 6.45) is 1.52. The van der Waals surface area contributed by atoms with Gasteiger partial charge in [0.1, 0.15) is 12.4 Å². The van der Waals surface area contributed by atoms with E-state index >= 15 is 0 Å². The lowest BCUT2D eigenvalue weighted by atomic mass is 9.74. The first-order chi connectivity index (χ1) is 15.2. The predicted octanol–water partition coefficient (Wildman–Crippen LogP) is 3.70. The van der Waals surface area contributed by atoms with Gasteiger partial charge in [0.25, 0.3) is 0 Å². The topological polar surface area (TPSA) is 75.7 Å². The molecule has 32 heavy (non-hydrogen) atoms. The molecule has 4 rings (SSSR count). The molecule has 1 unspecified atom stereocenters. The van der Waals surface area contributed by atoms with Crippen LogP contribution in [0.1, 0.15) is 25.3 Å². The summed E-state index contributed by atoms with van der Waals surface area (Å²) in [6.45, 7) is 7.44. The number of carbonyl (C=O) groups is 1. The Hall–Kier alpha value is -2.71. The van der Waals surface area contributed by atoms with Gasteiger partial charge in [-0.25, -0.2) is 12.8 Å². The average Bonchev–Trinajstić information content (AvgIpc) is 3.06. The first-order valence-corrected chi connectivity index (χ1v) is 12.2. The number of carbonyl (C=O) groups excluding carboxylic acids is 1. The first-order valence-electron chi connectivity index (χ1n) is 10.6. The van der Waals surface area contributed by atoms with E-state index in [4.69, 9.17) is 4.74 Å². The molecule has 0 bridgehead atoms. The van der Waals surface area contributed by atoms with Gasteiger partial charge in [0, 0.05) is 12.2 Å². The van der Waals surface area contributed by atoms with E-state index in [1.54, 1.807) is 0 Å². The van der Waals surface area contributed by atoms with Crippen molar-refractivity contribution >= 4 is 21.4 Å². The van der Waals surface area contributed by atoms with Crippen molar-refractivity contribution in [2.45, 2.75) is 35.6 Å². The molecule has 1 N–H and O–H groups in total. The Kier molecular flexibility index (Phi) is 6.09. The fourth-order valence-corrected chi connectivity index (χ4v) is 5.72. The van der Waals surface area contributed by atoms with Gasteiger partial charge >= 0.3 is 0 Å². The summed E-state index contributed by atoms with van der Waals surface area (Å²) in [6, 6.07) is 13.7. The normalized spacial score (nSPS) is 18.8. The predicted molar refractivity (Wildman–Crippen MR) is 121 cm³/mol. The minimum Gasteiger partial charge on any atom is -0.492 e. The van der Waals surface area contributed by atoms with Gasteiger partial charge in [-0.1, -0.05) is 24.8 Å². The second-order valence-corrected chi connectivity index (χ2v) is 10.4. The Labute approximate surface area is 188 Å². The number of para-hydroxylation sites is 1. The van der Waals surface area contributed by atoms with E-state index in [2.05, 4.69) is 16.8 Å². The molecule has 1 amide bonds. The fraction of sp³-hybridized carbons (Fsp3) is 0.375. The molecule has 0 saturated carbocycles. The van der Waals surface area contributed by atoms with Crippen molar-refractivity contribution in [2.24, 2.45) is 0 Å². The maximum atomic E-state index is 14.0. The molecular weight excluding hydrogens is 431 g/mol. The van der Waals surface area contributed by atoms with E-state index in [0.717, 1.165) is 37.2 Å². The smallest absolute Gasteiger partial charge is 0.235 e. The number of hydrogen-bond donors (Lipinski definition) is 1. The van der Waals surface area contributed by atoms with Crippen LogP contribution in [0.4, 0.5) is 10.1 Å². The first kappa shape index (κ1) is 22.5. The van der Waals surface area contributed by atoms with E-state index in [1.165, 1.54) is 31.2 Å². The SMILES string of the molecule is C=C(C)C(F)S(=O)(=O)c1ccc(OCCN2CCC3(CC2)C(=O)Nc2ccccc23)cc1. The Balaban J connectivity index is 1.29. The molecule has 0 radical (unpaired) electrons. The number of alkyl halides is 1. The number of likely N-dealkylation sites (tertiary alicyclic amines) is 1. The van der Waals surface area contributed by atoms with Crippen LogP contribution in [0.2, 0.25) is 0 Å². The Bertz CT molecular complexity index is 1120. The molecule has 1 saturated heterocycles. The number of halogens is 1. The molecule has 1 spiro atoms. The third kappa shape index (κ3) is 4.04. The fourth-order valence-electron chi connectivity index (χ4n) is 4.43. The lowest BCUT2D eigenvalue weighted by Gasteiger charge is -2.37. The van der Waals surface area contributed by atoms with Crippen molar-refractivity contribution < 1.29 is 22.3 Å². The van der Waals surface area contributed by atoms with Gasteiger partial charge in [-0.3, -0.25) is 9.69 Å². The monoisotopic (exact) mass is 458 g/mol. The largest absolute Gasteiger partial charge is 0.492 e. The molecule has 1 atom stereocenters. The van der Waals surface area contributed by atoms with Crippen LogP contribution < -0.4 is 10.1 Å². The second kappa shape index (κ2) is 8.67. The Morgan fingerprint density at radius 3 is 2.50 bits per heavy atom. The van der Waals surface area contributed by atoms with Gasteiger partial charge < -0.3 is 10.1 Å². The number of amides is 1. The number of rotatable bonds is 7. The van der Waals surface area contributed by atoms with Gasteiger partial charge in [0.2, 0.25) is 21.2 Å². The minimum atomic E-state index is -4.09. The van der Waals surface area contributed by atoms with Crippen LogP contribution in [-0.2, 0) is 20.0 Å². The molecule has 2 aliphatic rings. The van der Waals surface area contributed by atoms with Crippen molar-refractivity contribution in [3.05, 3.63) is 66.2 Å². The van der Waals surface area contributed by atoms with Crippen LogP contribution in [0.3, 0.4) is 0 Å². The lowest BCUT2D eigenvalue weighted by molar-refractivity contribution is -0.122. The number of anilines is 1. The third-order valence-electron chi connectivity index (χ3n) is 6.32. The van der Waals surface area contributed by atoms with E-state index in [-0.39, 0.29) is 16.4 Å². The number of benzene rings is 2. The van der Waals surface area contributed by atoms with Gasteiger partial charge in [0.05, 0.1) is 10.3 Å². The highest BCUT2D eigenvalue weighted by Crippen LogP contribution is 2.44. The highest BCUT2D eigenvalue weighted by Gasteiger charge is 2.48. The zero-order valence-corrected chi connectivity index (χ0v) is 18.8. The standard InChI is InChI=1S/C24H27FN2O4S/c1-17(2)22(25)32(29,30)19-9-7-18(8-10-19)31-16-15-27-13-11-24(12-14-27)20-5-3-4-6-21(20)26-23(24)28/h3-10,22H,1,11-16H2,2H3,(H,26,28). The summed E-state index contributed by atoms with van der Waals surface area (Å²) in [7, 11) is -4.09. The Morgan fingerprint density at radius 2 is 1.84 bits per heavy atom. The lowest BCUT2D eigenvalue weighted by Crippen LogP contribution is -2.47. The van der Waals surface area contributed by atoms with Crippen LogP contribution in [-0.4, -0.2) is 51.0 Å². The van der Waals surface area contributed by atoms with Crippen LogP contribution in [0.5, 0.6) is 5.75 Å². The number of fused-ring (bicyclic) bond motifs is 2. The molecule has 2 heterocycles. The molecule has 1 fully saturated rings. The summed E-state index contributed by atoms with van der Waals surface area (Å²) in [5.41, 5.74) is -0.592. The summed E-state index contributed by atoms with van der Waals surface area (Å²) < 4.78 is 44.1. The highest BCUT2D eigenvalue weighted by atomic mass is 32.2. The number of nitrogens with zero attached hydrogens (tertiary/aromatic N) is 1. The molecule has 2 aliphatic heterocycles. The molecule has 8 heteroatoms. The Morgan fingerprint density at radius 1 is 1.19 bits per heavy atom.